The van der Waals surface area contributed by atoms with Crippen molar-refractivity contribution in [2.24, 2.45) is 0 Å². The predicted molar refractivity (Wildman–Crippen MR) is 73.8 cm³/mol. The number of carboxylic acids is 1. The molecule has 0 saturated carbocycles. The van der Waals surface area contributed by atoms with Gasteiger partial charge in [0.25, 0.3) is 5.91 Å². The molecular formula is C12H12INO3. The lowest BCUT2D eigenvalue weighted by Gasteiger charge is -2.07. The van der Waals surface area contributed by atoms with Crippen LogP contribution in [0, 0.1) is 3.57 Å². The minimum absolute atomic E-state index is 0.0492. The second-order valence-corrected chi connectivity index (χ2v) is 4.77. The monoisotopic (exact) mass is 345 g/mol. The molecular weight excluding hydrogens is 333 g/mol. The van der Waals surface area contributed by atoms with Crippen molar-refractivity contribution >= 4 is 40.2 Å². The molecule has 1 rings (SSSR count). The van der Waals surface area contributed by atoms with Gasteiger partial charge in [-0.2, -0.15) is 0 Å². The average molecular weight is 345 g/mol. The molecule has 0 aliphatic rings. The van der Waals surface area contributed by atoms with Gasteiger partial charge in [0.1, 0.15) is 0 Å². The smallest absolute Gasteiger partial charge is 0.331 e. The van der Waals surface area contributed by atoms with Gasteiger partial charge in [-0.15, -0.1) is 0 Å². The van der Waals surface area contributed by atoms with Gasteiger partial charge in [0.2, 0.25) is 0 Å². The van der Waals surface area contributed by atoms with E-state index in [1.54, 1.807) is 6.07 Å². The fraction of sp³-hybridized carbons (Fsp3) is 0.167. The SMILES string of the molecule is CC(C(=O)O)=C(C)C(=O)Nc1cccc(I)c1. The number of nitrogens with one attached hydrogen (secondary N) is 1. The molecule has 1 aromatic rings. The Labute approximate surface area is 113 Å². The van der Waals surface area contributed by atoms with Gasteiger partial charge in [0.05, 0.1) is 0 Å². The van der Waals surface area contributed by atoms with E-state index in [0.717, 1.165) is 3.57 Å². The number of benzene rings is 1. The first-order valence-corrected chi connectivity index (χ1v) is 5.97. The van der Waals surface area contributed by atoms with Gasteiger partial charge in [0.15, 0.2) is 0 Å². The highest BCUT2D eigenvalue weighted by Gasteiger charge is 2.12. The van der Waals surface area contributed by atoms with Crippen molar-refractivity contribution in [3.05, 3.63) is 39.0 Å². The molecule has 0 aliphatic carbocycles. The summed E-state index contributed by atoms with van der Waals surface area (Å²) >= 11 is 2.14. The third kappa shape index (κ3) is 3.85. The van der Waals surface area contributed by atoms with Gasteiger partial charge >= 0.3 is 5.97 Å². The van der Waals surface area contributed by atoms with Crippen molar-refractivity contribution in [2.75, 3.05) is 5.32 Å². The van der Waals surface area contributed by atoms with Crippen LogP contribution < -0.4 is 5.32 Å². The zero-order valence-corrected chi connectivity index (χ0v) is 11.6. The summed E-state index contributed by atoms with van der Waals surface area (Å²) in [4.78, 5) is 22.4. The molecule has 1 aromatic carbocycles. The van der Waals surface area contributed by atoms with Crippen LogP contribution in [0.4, 0.5) is 5.69 Å². The van der Waals surface area contributed by atoms with E-state index in [4.69, 9.17) is 5.11 Å². The zero-order valence-electron chi connectivity index (χ0n) is 9.45. The molecule has 2 N–H and O–H groups in total. The van der Waals surface area contributed by atoms with Crippen LogP contribution in [0.5, 0.6) is 0 Å². The van der Waals surface area contributed by atoms with Crippen LogP contribution in [0.15, 0.2) is 35.4 Å². The Morgan fingerprint density at radius 3 is 2.41 bits per heavy atom. The molecule has 0 atom stereocenters. The Balaban J connectivity index is 2.87. The topological polar surface area (TPSA) is 66.4 Å². The highest BCUT2D eigenvalue weighted by atomic mass is 127. The summed E-state index contributed by atoms with van der Waals surface area (Å²) in [5, 5.41) is 11.4. The van der Waals surface area contributed by atoms with E-state index in [2.05, 4.69) is 27.9 Å². The van der Waals surface area contributed by atoms with Gasteiger partial charge in [-0.3, -0.25) is 4.79 Å². The number of aliphatic carboxylic acids is 1. The minimum atomic E-state index is -1.08. The van der Waals surface area contributed by atoms with Gasteiger partial charge in [-0.25, -0.2) is 4.79 Å². The van der Waals surface area contributed by atoms with Crippen molar-refractivity contribution in [1.82, 2.24) is 0 Å². The van der Waals surface area contributed by atoms with E-state index in [9.17, 15) is 9.59 Å². The fourth-order valence-corrected chi connectivity index (χ4v) is 1.66. The maximum Gasteiger partial charge on any atom is 0.331 e. The van der Waals surface area contributed by atoms with E-state index in [-0.39, 0.29) is 11.1 Å². The second kappa shape index (κ2) is 5.81. The molecule has 0 heterocycles. The summed E-state index contributed by atoms with van der Waals surface area (Å²) < 4.78 is 0.997. The van der Waals surface area contributed by atoms with Gasteiger partial charge in [-0.1, -0.05) is 6.07 Å². The summed E-state index contributed by atoms with van der Waals surface area (Å²) in [7, 11) is 0. The molecule has 17 heavy (non-hydrogen) atoms. The predicted octanol–water partition coefficient (Wildman–Crippen LogP) is 2.65. The Hall–Kier alpha value is -1.37. The fourth-order valence-electron chi connectivity index (χ4n) is 1.12. The quantitative estimate of drug-likeness (QED) is 0.654. The molecule has 0 fully saturated rings. The minimum Gasteiger partial charge on any atom is -0.478 e. The van der Waals surface area contributed by atoms with E-state index in [1.807, 2.05) is 18.2 Å². The highest BCUT2D eigenvalue weighted by Crippen LogP contribution is 2.14. The van der Waals surface area contributed by atoms with Gasteiger partial charge in [-0.05, 0) is 54.6 Å². The van der Waals surface area contributed by atoms with Crippen LogP contribution in [0.1, 0.15) is 13.8 Å². The standard InChI is InChI=1S/C12H12INO3/c1-7(8(2)12(16)17)11(15)14-10-5-3-4-9(13)6-10/h3-6H,1-2H3,(H,14,15)(H,16,17). The largest absolute Gasteiger partial charge is 0.478 e. The van der Waals surface area contributed by atoms with Crippen LogP contribution >= 0.6 is 22.6 Å². The van der Waals surface area contributed by atoms with Crippen molar-refractivity contribution in [3.63, 3.8) is 0 Å². The zero-order chi connectivity index (χ0) is 13.0. The Morgan fingerprint density at radius 1 is 1.24 bits per heavy atom. The molecule has 0 aliphatic heterocycles. The number of anilines is 1. The maximum absolute atomic E-state index is 11.7. The summed E-state index contributed by atoms with van der Waals surface area (Å²) in [6, 6.07) is 7.28. The van der Waals surface area contributed by atoms with Crippen LogP contribution in [-0.2, 0) is 9.59 Å². The first-order chi connectivity index (χ1) is 7.91. The third-order valence-electron chi connectivity index (χ3n) is 2.31. The Morgan fingerprint density at radius 2 is 1.88 bits per heavy atom. The molecule has 90 valence electrons. The van der Waals surface area contributed by atoms with E-state index in [1.165, 1.54) is 13.8 Å². The average Bonchev–Trinajstić information content (AvgIpc) is 2.26. The van der Waals surface area contributed by atoms with E-state index in [0.29, 0.717) is 5.69 Å². The van der Waals surface area contributed by atoms with Crippen molar-refractivity contribution < 1.29 is 14.7 Å². The van der Waals surface area contributed by atoms with Crippen LogP contribution in [0.25, 0.3) is 0 Å². The van der Waals surface area contributed by atoms with Crippen LogP contribution in [0.2, 0.25) is 0 Å². The number of hydrogen-bond acceptors (Lipinski definition) is 2. The summed E-state index contributed by atoms with van der Waals surface area (Å²) in [6.07, 6.45) is 0. The maximum atomic E-state index is 11.7. The van der Waals surface area contributed by atoms with Crippen molar-refractivity contribution in [3.8, 4) is 0 Å². The lowest BCUT2D eigenvalue weighted by molar-refractivity contribution is -0.133. The second-order valence-electron chi connectivity index (χ2n) is 3.52. The van der Waals surface area contributed by atoms with Gasteiger partial charge < -0.3 is 10.4 Å². The molecule has 0 radical (unpaired) electrons. The lowest BCUT2D eigenvalue weighted by atomic mass is 10.1. The molecule has 0 bridgehead atoms. The number of rotatable bonds is 3. The summed E-state index contributed by atoms with van der Waals surface area (Å²) in [6.45, 7) is 2.90. The van der Waals surface area contributed by atoms with Crippen LogP contribution in [-0.4, -0.2) is 17.0 Å². The normalized spacial score (nSPS) is 11.7. The number of amides is 1. The first kappa shape index (κ1) is 13.7. The highest BCUT2D eigenvalue weighted by molar-refractivity contribution is 14.1. The lowest BCUT2D eigenvalue weighted by Crippen LogP contribution is -2.16. The number of hydrogen-bond donors (Lipinski definition) is 2. The Bertz CT molecular complexity index is 494. The molecule has 0 unspecified atom stereocenters. The van der Waals surface area contributed by atoms with E-state index >= 15 is 0 Å². The molecule has 5 heteroatoms. The Kier molecular flexibility index (Phi) is 4.68. The van der Waals surface area contributed by atoms with Crippen molar-refractivity contribution in [1.29, 1.82) is 0 Å². The van der Waals surface area contributed by atoms with Gasteiger partial charge in [0, 0.05) is 20.4 Å². The number of halogens is 1. The molecule has 0 aromatic heterocycles. The van der Waals surface area contributed by atoms with Crippen LogP contribution in [0.3, 0.4) is 0 Å². The molecule has 0 saturated heterocycles. The summed E-state index contributed by atoms with van der Waals surface area (Å²) in [5.41, 5.74) is 0.906. The van der Waals surface area contributed by atoms with E-state index < -0.39 is 11.9 Å². The van der Waals surface area contributed by atoms with Crippen molar-refractivity contribution in [2.45, 2.75) is 13.8 Å². The molecule has 4 nitrogen and oxygen atoms in total. The molecule has 0 spiro atoms. The first-order valence-electron chi connectivity index (χ1n) is 4.89. The third-order valence-corrected chi connectivity index (χ3v) is 2.98. The number of carbonyl (C=O) groups excluding carboxylic acids is 1. The summed E-state index contributed by atoms with van der Waals surface area (Å²) in [5.74, 6) is -1.48. The number of carboxylic acid groups (broad SMARTS) is 1. The molecule has 1 amide bonds. The number of carbonyl (C=O) groups is 2.